The van der Waals surface area contributed by atoms with E-state index < -0.39 is 0 Å². The van der Waals surface area contributed by atoms with E-state index in [-0.39, 0.29) is 5.82 Å². The Bertz CT molecular complexity index is 417. The number of hydrogen-bond acceptors (Lipinski definition) is 1. The normalized spacial score (nSPS) is 31.8. The Morgan fingerprint density at radius 2 is 2.11 bits per heavy atom. The summed E-state index contributed by atoms with van der Waals surface area (Å²) in [6.45, 7) is 2.18. The summed E-state index contributed by atoms with van der Waals surface area (Å²) in [5.74, 6) is 1.78. The van der Waals surface area contributed by atoms with Gasteiger partial charge < -0.3 is 5.32 Å². The zero-order chi connectivity index (χ0) is 12.5. The lowest BCUT2D eigenvalue weighted by Crippen LogP contribution is -2.41. The SMILES string of the molecule is CC(Cc1ccccc1F)NC1CC2CCC1C2. The minimum absolute atomic E-state index is 0.0703. The Labute approximate surface area is 109 Å². The van der Waals surface area contributed by atoms with Crippen molar-refractivity contribution in [3.8, 4) is 0 Å². The number of benzene rings is 1. The molecule has 3 rings (SSSR count). The van der Waals surface area contributed by atoms with Gasteiger partial charge in [0.25, 0.3) is 0 Å². The highest BCUT2D eigenvalue weighted by molar-refractivity contribution is 5.18. The Kier molecular flexibility index (Phi) is 3.38. The molecular formula is C16H22FN. The lowest BCUT2D eigenvalue weighted by molar-refractivity contribution is 0.322. The maximum Gasteiger partial charge on any atom is 0.126 e. The average molecular weight is 247 g/mol. The first-order valence-electron chi connectivity index (χ1n) is 7.22. The molecule has 2 heteroatoms. The maximum atomic E-state index is 13.6. The minimum Gasteiger partial charge on any atom is -0.311 e. The van der Waals surface area contributed by atoms with Gasteiger partial charge in [-0.1, -0.05) is 24.6 Å². The monoisotopic (exact) mass is 247 g/mol. The van der Waals surface area contributed by atoms with E-state index in [1.165, 1.54) is 25.7 Å². The molecule has 18 heavy (non-hydrogen) atoms. The van der Waals surface area contributed by atoms with E-state index in [0.29, 0.717) is 12.1 Å². The summed E-state index contributed by atoms with van der Waals surface area (Å²) in [6.07, 6.45) is 6.39. The summed E-state index contributed by atoms with van der Waals surface area (Å²) in [4.78, 5) is 0. The van der Waals surface area contributed by atoms with Crippen molar-refractivity contribution in [2.45, 2.75) is 51.1 Å². The lowest BCUT2D eigenvalue weighted by Gasteiger charge is -2.27. The summed E-state index contributed by atoms with van der Waals surface area (Å²) in [6, 6.07) is 8.18. The zero-order valence-electron chi connectivity index (χ0n) is 11.0. The van der Waals surface area contributed by atoms with Gasteiger partial charge in [-0.2, -0.15) is 0 Å². The summed E-state index contributed by atoms with van der Waals surface area (Å²) in [7, 11) is 0. The van der Waals surface area contributed by atoms with E-state index in [2.05, 4.69) is 12.2 Å². The number of halogens is 1. The summed E-state index contributed by atoms with van der Waals surface area (Å²) in [5, 5.41) is 3.72. The highest BCUT2D eigenvalue weighted by Crippen LogP contribution is 2.44. The standard InChI is InChI=1S/C16H22FN/c1-11(8-13-4-2-3-5-15(13)17)18-16-10-12-6-7-14(16)9-12/h2-5,11-12,14,16,18H,6-10H2,1H3. The lowest BCUT2D eigenvalue weighted by atomic mass is 9.94. The van der Waals surface area contributed by atoms with Crippen LogP contribution in [0.2, 0.25) is 0 Å². The molecule has 2 aliphatic rings. The van der Waals surface area contributed by atoms with Crippen LogP contribution < -0.4 is 5.32 Å². The quantitative estimate of drug-likeness (QED) is 0.858. The predicted octanol–water partition coefficient (Wildman–Crippen LogP) is 3.53. The first kappa shape index (κ1) is 12.2. The van der Waals surface area contributed by atoms with Gasteiger partial charge in [0, 0.05) is 12.1 Å². The molecule has 0 saturated heterocycles. The van der Waals surface area contributed by atoms with Gasteiger partial charge in [-0.3, -0.25) is 0 Å². The van der Waals surface area contributed by atoms with Crippen molar-refractivity contribution in [3.05, 3.63) is 35.6 Å². The molecule has 2 fully saturated rings. The smallest absolute Gasteiger partial charge is 0.126 e. The van der Waals surface area contributed by atoms with Crippen molar-refractivity contribution in [1.29, 1.82) is 0 Å². The van der Waals surface area contributed by atoms with Crippen LogP contribution in [0, 0.1) is 17.7 Å². The molecule has 0 radical (unpaired) electrons. The van der Waals surface area contributed by atoms with Crippen molar-refractivity contribution in [1.82, 2.24) is 5.32 Å². The van der Waals surface area contributed by atoms with Gasteiger partial charge in [0.2, 0.25) is 0 Å². The van der Waals surface area contributed by atoms with Gasteiger partial charge in [0.05, 0.1) is 0 Å². The van der Waals surface area contributed by atoms with Gasteiger partial charge in [0.15, 0.2) is 0 Å². The first-order chi connectivity index (χ1) is 8.72. The second-order valence-corrected chi connectivity index (χ2v) is 6.14. The second kappa shape index (κ2) is 5.00. The summed E-state index contributed by atoms with van der Waals surface area (Å²) < 4.78 is 13.6. The molecule has 1 nitrogen and oxygen atoms in total. The largest absolute Gasteiger partial charge is 0.311 e. The predicted molar refractivity (Wildman–Crippen MR) is 71.9 cm³/mol. The number of fused-ring (bicyclic) bond motifs is 2. The molecule has 4 unspecified atom stereocenters. The highest BCUT2D eigenvalue weighted by atomic mass is 19.1. The van der Waals surface area contributed by atoms with Crippen LogP contribution in [0.1, 0.15) is 38.2 Å². The average Bonchev–Trinajstić information content (AvgIpc) is 2.94. The number of rotatable bonds is 4. The molecule has 4 atom stereocenters. The molecular weight excluding hydrogens is 225 g/mol. The molecule has 1 N–H and O–H groups in total. The summed E-state index contributed by atoms with van der Waals surface area (Å²) >= 11 is 0. The van der Waals surface area contributed by atoms with Gasteiger partial charge in [-0.25, -0.2) is 4.39 Å². The van der Waals surface area contributed by atoms with Crippen LogP contribution in [0.4, 0.5) is 4.39 Å². The van der Waals surface area contributed by atoms with Crippen molar-refractivity contribution < 1.29 is 4.39 Å². The van der Waals surface area contributed by atoms with E-state index >= 15 is 0 Å². The molecule has 0 spiro atoms. The Hall–Kier alpha value is -0.890. The molecule has 0 heterocycles. The van der Waals surface area contributed by atoms with Crippen LogP contribution in [0.5, 0.6) is 0 Å². The number of nitrogens with one attached hydrogen (secondary N) is 1. The van der Waals surface area contributed by atoms with Crippen LogP contribution >= 0.6 is 0 Å². The fourth-order valence-electron chi connectivity index (χ4n) is 3.87. The van der Waals surface area contributed by atoms with Crippen molar-refractivity contribution >= 4 is 0 Å². The Morgan fingerprint density at radius 1 is 1.28 bits per heavy atom. The van der Waals surface area contributed by atoms with Crippen molar-refractivity contribution in [3.63, 3.8) is 0 Å². The molecule has 1 aromatic carbocycles. The molecule has 0 amide bonds. The maximum absolute atomic E-state index is 13.6. The summed E-state index contributed by atoms with van der Waals surface area (Å²) in [5.41, 5.74) is 0.834. The fourth-order valence-corrected chi connectivity index (χ4v) is 3.87. The van der Waals surface area contributed by atoms with Crippen LogP contribution in [-0.2, 0) is 6.42 Å². The third kappa shape index (κ3) is 2.44. The fraction of sp³-hybridized carbons (Fsp3) is 0.625. The van der Waals surface area contributed by atoms with Crippen molar-refractivity contribution in [2.75, 3.05) is 0 Å². The zero-order valence-corrected chi connectivity index (χ0v) is 11.0. The molecule has 98 valence electrons. The molecule has 0 aromatic heterocycles. The van der Waals surface area contributed by atoms with E-state index in [4.69, 9.17) is 0 Å². The van der Waals surface area contributed by atoms with Gasteiger partial charge >= 0.3 is 0 Å². The Balaban J connectivity index is 1.56. The van der Waals surface area contributed by atoms with Crippen LogP contribution in [0.25, 0.3) is 0 Å². The molecule has 1 aromatic rings. The second-order valence-electron chi connectivity index (χ2n) is 6.14. The molecule has 0 aliphatic heterocycles. The molecule has 2 saturated carbocycles. The third-order valence-electron chi connectivity index (χ3n) is 4.72. The van der Waals surface area contributed by atoms with E-state index in [1.54, 1.807) is 12.1 Å². The third-order valence-corrected chi connectivity index (χ3v) is 4.72. The minimum atomic E-state index is -0.0703. The highest BCUT2D eigenvalue weighted by Gasteiger charge is 2.39. The van der Waals surface area contributed by atoms with Crippen molar-refractivity contribution in [2.24, 2.45) is 11.8 Å². The van der Waals surface area contributed by atoms with Gasteiger partial charge in [0.1, 0.15) is 5.82 Å². The van der Waals surface area contributed by atoms with Crippen LogP contribution in [0.3, 0.4) is 0 Å². The number of hydrogen-bond donors (Lipinski definition) is 1. The molecule has 2 aliphatic carbocycles. The van der Waals surface area contributed by atoms with Crippen LogP contribution in [0.15, 0.2) is 24.3 Å². The van der Waals surface area contributed by atoms with E-state index in [9.17, 15) is 4.39 Å². The van der Waals surface area contributed by atoms with Crippen LogP contribution in [-0.4, -0.2) is 12.1 Å². The Morgan fingerprint density at radius 3 is 2.78 bits per heavy atom. The van der Waals surface area contributed by atoms with Gasteiger partial charge in [-0.05, 0) is 56.1 Å². The first-order valence-corrected chi connectivity index (χ1v) is 7.22. The van der Waals surface area contributed by atoms with E-state index in [0.717, 1.165) is 23.8 Å². The van der Waals surface area contributed by atoms with E-state index in [1.807, 2.05) is 12.1 Å². The molecule has 2 bridgehead atoms. The van der Waals surface area contributed by atoms with Gasteiger partial charge in [-0.15, -0.1) is 0 Å². The topological polar surface area (TPSA) is 12.0 Å².